The zero-order valence-corrected chi connectivity index (χ0v) is 26.5. The summed E-state index contributed by atoms with van der Waals surface area (Å²) in [5.74, 6) is 5.89. The van der Waals surface area contributed by atoms with Crippen LogP contribution in [0.2, 0.25) is 0 Å². The van der Waals surface area contributed by atoms with Gasteiger partial charge in [0.25, 0.3) is 0 Å². The summed E-state index contributed by atoms with van der Waals surface area (Å²) in [7, 11) is 0. The fourth-order valence-electron chi connectivity index (χ4n) is 12.9. The first-order valence-corrected chi connectivity index (χ1v) is 17.9. The van der Waals surface area contributed by atoms with E-state index in [-0.39, 0.29) is 0 Å². The molecular weight excluding hydrogens is 512 g/mol. The van der Waals surface area contributed by atoms with Crippen LogP contribution in [-0.4, -0.2) is 13.2 Å². The Kier molecular flexibility index (Phi) is 6.77. The van der Waals surface area contributed by atoms with Gasteiger partial charge < -0.3 is 9.47 Å². The van der Waals surface area contributed by atoms with Crippen molar-refractivity contribution in [1.82, 2.24) is 0 Å². The molecule has 0 saturated heterocycles. The van der Waals surface area contributed by atoms with Crippen LogP contribution in [0.3, 0.4) is 0 Å². The summed E-state index contributed by atoms with van der Waals surface area (Å²) in [6.45, 7) is 6.16. The van der Waals surface area contributed by atoms with Gasteiger partial charge in [-0.15, -0.1) is 0 Å². The Morgan fingerprint density at radius 3 is 1.21 bits per heavy atom. The lowest BCUT2D eigenvalue weighted by Crippen LogP contribution is -2.66. The first-order chi connectivity index (χ1) is 20.5. The summed E-state index contributed by atoms with van der Waals surface area (Å²) < 4.78 is 12.2. The molecule has 2 aromatic carbocycles. The standard InChI is InChI=1S/C40H54O2/c1-3-5-15-41-35-11-7-33(8-12-35)37-19-29-17-30(20-37)24-39(23-29,27-37)40-25-31-18-32(26-40)22-38(21-31,28-40)34-9-13-36(14-10-34)42-16-6-4-2/h7-14,29-32H,3-6,15-28H2,1-2H3/t29-,30+,31-,32+,37?,38?,39?,40?. The van der Waals surface area contributed by atoms with Crippen LogP contribution in [0.25, 0.3) is 0 Å². The minimum absolute atomic E-state index is 0.403. The number of benzene rings is 2. The lowest BCUT2D eigenvalue weighted by atomic mass is 9.30. The van der Waals surface area contributed by atoms with E-state index in [1.54, 1.807) is 11.1 Å². The van der Waals surface area contributed by atoms with Gasteiger partial charge in [-0.05, 0) is 171 Å². The van der Waals surface area contributed by atoms with Crippen molar-refractivity contribution in [3.8, 4) is 11.5 Å². The highest BCUT2D eigenvalue weighted by Gasteiger charge is 2.70. The summed E-state index contributed by atoms with van der Waals surface area (Å²) in [5.41, 5.74) is 5.20. The summed E-state index contributed by atoms with van der Waals surface area (Å²) in [5, 5.41) is 0. The molecule has 0 N–H and O–H groups in total. The highest BCUT2D eigenvalue weighted by molar-refractivity contribution is 5.39. The third-order valence-electron chi connectivity index (χ3n) is 13.7. The quantitative estimate of drug-likeness (QED) is 0.252. The SMILES string of the molecule is CCCCOc1ccc(C23C[C@H]4C[C@@H](C2)CC(C25C[C@@H]6C[C@@H](CC(c7ccc(OCCCC)cc7)(C6)C2)C5)(C4)C3)cc1. The van der Waals surface area contributed by atoms with Crippen molar-refractivity contribution in [1.29, 1.82) is 0 Å². The lowest BCUT2D eigenvalue weighted by Gasteiger charge is -2.74. The zero-order chi connectivity index (χ0) is 28.4. The van der Waals surface area contributed by atoms with Crippen molar-refractivity contribution in [2.75, 3.05) is 13.2 Å². The predicted octanol–water partition coefficient (Wildman–Crippen LogP) is 10.4. The largest absolute Gasteiger partial charge is 0.494 e. The third kappa shape index (κ3) is 4.39. The maximum Gasteiger partial charge on any atom is 0.119 e. The van der Waals surface area contributed by atoms with Crippen LogP contribution in [0, 0.1) is 34.5 Å². The second-order valence-corrected chi connectivity index (χ2v) is 16.5. The Bertz CT molecular complexity index is 1130. The molecule has 4 unspecified atom stereocenters. The molecule has 8 saturated carbocycles. The molecule has 2 nitrogen and oxygen atoms in total. The molecule has 10 rings (SSSR count). The zero-order valence-electron chi connectivity index (χ0n) is 26.5. The van der Waals surface area contributed by atoms with E-state index in [0.29, 0.717) is 21.7 Å². The highest BCUT2D eigenvalue weighted by Crippen LogP contribution is 2.78. The van der Waals surface area contributed by atoms with Gasteiger partial charge in [0, 0.05) is 0 Å². The van der Waals surface area contributed by atoms with Crippen molar-refractivity contribution in [3.63, 3.8) is 0 Å². The lowest BCUT2D eigenvalue weighted by molar-refractivity contribution is -0.212. The van der Waals surface area contributed by atoms with Crippen LogP contribution in [0.4, 0.5) is 0 Å². The molecule has 0 amide bonds. The van der Waals surface area contributed by atoms with Gasteiger partial charge in [0.1, 0.15) is 11.5 Å². The molecule has 8 atom stereocenters. The van der Waals surface area contributed by atoms with Crippen molar-refractivity contribution in [3.05, 3.63) is 59.7 Å². The minimum Gasteiger partial charge on any atom is -0.494 e. The second kappa shape index (κ2) is 10.3. The van der Waals surface area contributed by atoms with E-state index in [1.165, 1.54) is 89.9 Å². The molecule has 8 aliphatic rings. The molecule has 0 radical (unpaired) electrons. The van der Waals surface area contributed by atoms with Gasteiger partial charge in [-0.3, -0.25) is 0 Å². The van der Waals surface area contributed by atoms with Crippen LogP contribution in [0.1, 0.15) is 128 Å². The Morgan fingerprint density at radius 2 is 0.881 bits per heavy atom. The summed E-state index contributed by atoms with van der Waals surface area (Å²) >= 11 is 0. The summed E-state index contributed by atoms with van der Waals surface area (Å²) in [4.78, 5) is 0. The van der Waals surface area contributed by atoms with Gasteiger partial charge in [-0.1, -0.05) is 51.0 Å². The molecule has 0 aromatic heterocycles. The molecule has 8 aliphatic carbocycles. The van der Waals surface area contributed by atoms with E-state index in [2.05, 4.69) is 62.4 Å². The van der Waals surface area contributed by atoms with Crippen molar-refractivity contribution < 1.29 is 9.47 Å². The van der Waals surface area contributed by atoms with E-state index in [4.69, 9.17) is 9.47 Å². The number of hydrogen-bond donors (Lipinski definition) is 0. The smallest absolute Gasteiger partial charge is 0.119 e. The van der Waals surface area contributed by atoms with Gasteiger partial charge in [0.05, 0.1) is 13.2 Å². The van der Waals surface area contributed by atoms with Crippen LogP contribution < -0.4 is 9.47 Å². The van der Waals surface area contributed by atoms with Gasteiger partial charge in [-0.25, -0.2) is 0 Å². The molecule has 0 aliphatic heterocycles. The van der Waals surface area contributed by atoms with Crippen LogP contribution in [0.5, 0.6) is 11.5 Å². The number of ether oxygens (including phenoxy) is 2. The Balaban J connectivity index is 1.09. The fourth-order valence-corrected chi connectivity index (χ4v) is 12.9. The number of hydrogen-bond acceptors (Lipinski definition) is 2. The van der Waals surface area contributed by atoms with E-state index in [9.17, 15) is 0 Å². The maximum absolute atomic E-state index is 6.08. The van der Waals surface area contributed by atoms with Gasteiger partial charge in [0.15, 0.2) is 0 Å². The monoisotopic (exact) mass is 566 g/mol. The van der Waals surface area contributed by atoms with Crippen molar-refractivity contribution in [2.45, 2.75) is 127 Å². The van der Waals surface area contributed by atoms with Crippen molar-refractivity contribution in [2.24, 2.45) is 34.5 Å². The molecule has 2 heteroatoms. The van der Waals surface area contributed by atoms with Crippen LogP contribution >= 0.6 is 0 Å². The van der Waals surface area contributed by atoms with Gasteiger partial charge >= 0.3 is 0 Å². The maximum atomic E-state index is 6.08. The van der Waals surface area contributed by atoms with Gasteiger partial charge in [-0.2, -0.15) is 0 Å². The first kappa shape index (κ1) is 27.6. The third-order valence-corrected chi connectivity index (χ3v) is 13.7. The highest BCUT2D eigenvalue weighted by atomic mass is 16.5. The number of unbranched alkanes of at least 4 members (excludes halogenated alkanes) is 2. The molecule has 0 heterocycles. The number of rotatable bonds is 11. The average molecular weight is 567 g/mol. The molecular formula is C40H54O2. The minimum atomic E-state index is 0.403. The second-order valence-electron chi connectivity index (χ2n) is 16.5. The summed E-state index contributed by atoms with van der Waals surface area (Å²) in [6.07, 6.45) is 22.5. The molecule has 2 aromatic rings. The Labute approximate surface area is 255 Å². The molecule has 8 bridgehead atoms. The van der Waals surface area contributed by atoms with Crippen LogP contribution in [0.15, 0.2) is 48.5 Å². The molecule has 42 heavy (non-hydrogen) atoms. The van der Waals surface area contributed by atoms with E-state index < -0.39 is 0 Å². The Morgan fingerprint density at radius 1 is 0.524 bits per heavy atom. The molecule has 226 valence electrons. The van der Waals surface area contributed by atoms with E-state index in [0.717, 1.165) is 61.2 Å². The van der Waals surface area contributed by atoms with Crippen molar-refractivity contribution >= 4 is 0 Å². The van der Waals surface area contributed by atoms with E-state index >= 15 is 0 Å². The molecule has 0 spiro atoms. The molecule has 8 fully saturated rings. The van der Waals surface area contributed by atoms with Crippen LogP contribution in [-0.2, 0) is 10.8 Å². The normalized spacial score (nSPS) is 40.9. The van der Waals surface area contributed by atoms with E-state index in [1.807, 2.05) is 0 Å². The topological polar surface area (TPSA) is 18.5 Å². The first-order valence-electron chi connectivity index (χ1n) is 17.9. The predicted molar refractivity (Wildman–Crippen MR) is 171 cm³/mol. The summed E-state index contributed by atoms with van der Waals surface area (Å²) in [6, 6.07) is 19.1. The van der Waals surface area contributed by atoms with Gasteiger partial charge in [0.2, 0.25) is 0 Å². The average Bonchev–Trinajstić information content (AvgIpc) is 2.97. The Hall–Kier alpha value is -1.96. The fraction of sp³-hybridized carbons (Fsp3) is 0.700.